The van der Waals surface area contributed by atoms with Crippen molar-refractivity contribution in [3.63, 3.8) is 0 Å². The molecular formula is C28H22FN5O4S2. The highest BCUT2D eigenvalue weighted by Crippen LogP contribution is 2.34. The number of piperazine rings is 1. The average Bonchev–Trinajstić information content (AvgIpc) is 3.78. The lowest BCUT2D eigenvalue weighted by atomic mass is 10.0. The van der Waals surface area contributed by atoms with Crippen molar-refractivity contribution in [2.75, 3.05) is 26.2 Å². The fraction of sp³-hybridized carbons (Fsp3) is 0.179. The van der Waals surface area contributed by atoms with E-state index in [1.165, 1.54) is 34.6 Å². The van der Waals surface area contributed by atoms with E-state index in [1.807, 2.05) is 23.6 Å². The number of aromatic amines is 1. The van der Waals surface area contributed by atoms with Crippen LogP contribution in [0.2, 0.25) is 0 Å². The number of nitrogens with one attached hydrogen (secondary N) is 1. The fourth-order valence-electron chi connectivity index (χ4n) is 4.73. The minimum atomic E-state index is -0.843. The summed E-state index contributed by atoms with van der Waals surface area (Å²) in [7, 11) is 0. The first-order valence-corrected chi connectivity index (χ1v) is 13.8. The van der Waals surface area contributed by atoms with Crippen LogP contribution in [0.4, 0.5) is 4.39 Å². The Morgan fingerprint density at radius 2 is 1.75 bits per heavy atom. The predicted octanol–water partition coefficient (Wildman–Crippen LogP) is 4.61. The first-order chi connectivity index (χ1) is 19.4. The minimum absolute atomic E-state index is 0.0332. The third-order valence-electron chi connectivity index (χ3n) is 6.83. The second-order valence-corrected chi connectivity index (χ2v) is 10.7. The van der Waals surface area contributed by atoms with Crippen LogP contribution in [0.3, 0.4) is 0 Å². The molecule has 1 N–H and O–H groups in total. The average molecular weight is 576 g/mol. The van der Waals surface area contributed by atoms with Crippen molar-refractivity contribution in [1.82, 2.24) is 24.9 Å². The Bertz CT molecular complexity index is 1710. The molecule has 0 saturated carbocycles. The number of hydrogen-bond donors (Lipinski definition) is 2. The van der Waals surface area contributed by atoms with Crippen LogP contribution in [0, 0.1) is 5.82 Å². The lowest BCUT2D eigenvalue weighted by Crippen LogP contribution is -2.52. The maximum absolute atomic E-state index is 15.0. The molecule has 1 unspecified atom stereocenters. The number of rotatable bonds is 6. The number of fused-ring (bicyclic) bond motifs is 1. The molecule has 4 heterocycles. The molecule has 202 valence electrons. The second kappa shape index (κ2) is 10.7. The highest BCUT2D eigenvalue weighted by Gasteiger charge is 2.31. The molecule has 12 heteroatoms. The second-order valence-electron chi connectivity index (χ2n) is 9.20. The molecule has 9 nitrogen and oxygen atoms in total. The Labute approximate surface area is 237 Å². The standard InChI is InChI=1S/C28H22FN5O4S2/c29-19-9-8-17(26-31-25(32-38-26)24(39)20-7-4-14-40-20)22-21(19)18(15-30-22)23(35)28(37)34-12-10-33(11-13-34)27(36)16-5-2-1-3-6-16/h1-9,14-15,24,30,39H,10-13H2. The van der Waals surface area contributed by atoms with Gasteiger partial charge in [0.2, 0.25) is 0 Å². The summed E-state index contributed by atoms with van der Waals surface area (Å²) in [6.45, 7) is 0.963. The van der Waals surface area contributed by atoms with Gasteiger partial charge in [-0.3, -0.25) is 14.4 Å². The van der Waals surface area contributed by atoms with E-state index in [9.17, 15) is 14.4 Å². The molecule has 6 rings (SSSR count). The molecular weight excluding hydrogens is 553 g/mol. The number of thiophene rings is 1. The molecule has 0 aliphatic carbocycles. The zero-order valence-electron chi connectivity index (χ0n) is 20.9. The summed E-state index contributed by atoms with van der Waals surface area (Å²) in [6.07, 6.45) is 1.32. The Morgan fingerprint density at radius 3 is 2.48 bits per heavy atom. The molecule has 0 spiro atoms. The van der Waals surface area contributed by atoms with Gasteiger partial charge in [0.05, 0.1) is 21.9 Å². The largest absolute Gasteiger partial charge is 0.360 e. The topological polar surface area (TPSA) is 112 Å². The normalized spacial score (nSPS) is 14.4. The molecule has 2 aromatic carbocycles. The lowest BCUT2D eigenvalue weighted by molar-refractivity contribution is -0.127. The molecule has 1 aliphatic rings. The zero-order valence-corrected chi connectivity index (χ0v) is 22.6. The van der Waals surface area contributed by atoms with Crippen LogP contribution in [-0.4, -0.2) is 68.7 Å². The van der Waals surface area contributed by atoms with Gasteiger partial charge in [-0.05, 0) is 35.7 Å². The van der Waals surface area contributed by atoms with Crippen molar-refractivity contribution < 1.29 is 23.3 Å². The first-order valence-electron chi connectivity index (χ1n) is 12.5. The summed E-state index contributed by atoms with van der Waals surface area (Å²) in [4.78, 5) is 50.4. The molecule has 3 aromatic heterocycles. The number of benzene rings is 2. The molecule has 0 radical (unpaired) electrons. The van der Waals surface area contributed by atoms with Crippen LogP contribution in [0.1, 0.15) is 36.7 Å². The Hall–Kier alpha value is -4.29. The van der Waals surface area contributed by atoms with E-state index in [0.29, 0.717) is 17.0 Å². The quantitative estimate of drug-likeness (QED) is 0.174. The molecule has 1 aliphatic heterocycles. The molecule has 2 amide bonds. The number of carbonyl (C=O) groups is 3. The Balaban J connectivity index is 1.21. The van der Waals surface area contributed by atoms with E-state index in [1.54, 1.807) is 29.2 Å². The highest BCUT2D eigenvalue weighted by molar-refractivity contribution is 7.80. The number of amides is 2. The molecule has 1 saturated heterocycles. The van der Waals surface area contributed by atoms with Gasteiger partial charge in [-0.15, -0.1) is 11.3 Å². The van der Waals surface area contributed by atoms with Gasteiger partial charge in [0.15, 0.2) is 5.82 Å². The number of thiol groups is 1. The van der Waals surface area contributed by atoms with Crippen molar-refractivity contribution in [2.24, 2.45) is 0 Å². The monoisotopic (exact) mass is 575 g/mol. The molecule has 0 bridgehead atoms. The summed E-state index contributed by atoms with van der Waals surface area (Å²) in [5.41, 5.74) is 1.12. The van der Waals surface area contributed by atoms with Crippen LogP contribution >= 0.6 is 24.0 Å². The van der Waals surface area contributed by atoms with Crippen molar-refractivity contribution in [3.05, 3.63) is 93.8 Å². The van der Waals surface area contributed by atoms with Crippen molar-refractivity contribution in [1.29, 1.82) is 0 Å². The lowest BCUT2D eigenvalue weighted by Gasteiger charge is -2.34. The van der Waals surface area contributed by atoms with Gasteiger partial charge in [-0.1, -0.05) is 29.4 Å². The van der Waals surface area contributed by atoms with E-state index in [4.69, 9.17) is 4.52 Å². The van der Waals surface area contributed by atoms with Gasteiger partial charge < -0.3 is 19.3 Å². The van der Waals surface area contributed by atoms with E-state index >= 15 is 4.39 Å². The van der Waals surface area contributed by atoms with Gasteiger partial charge in [0, 0.05) is 48.2 Å². The van der Waals surface area contributed by atoms with Crippen LogP contribution in [0.25, 0.3) is 22.4 Å². The first kappa shape index (κ1) is 26.0. The van der Waals surface area contributed by atoms with E-state index in [-0.39, 0.29) is 54.4 Å². The van der Waals surface area contributed by atoms with Crippen LogP contribution < -0.4 is 0 Å². The molecule has 5 aromatic rings. The van der Waals surface area contributed by atoms with Gasteiger partial charge in [-0.2, -0.15) is 17.6 Å². The Morgan fingerprint density at radius 1 is 1.00 bits per heavy atom. The van der Waals surface area contributed by atoms with Crippen molar-refractivity contribution in [3.8, 4) is 11.5 Å². The number of nitrogens with zero attached hydrogens (tertiary/aromatic N) is 4. The molecule has 1 atom stereocenters. The third-order valence-corrected chi connectivity index (χ3v) is 8.45. The van der Waals surface area contributed by atoms with E-state index in [0.717, 1.165) is 4.88 Å². The SMILES string of the molecule is O=C(C(=O)N1CCN(C(=O)c2ccccc2)CC1)c1c[nH]c2c(-c3nc(C(S)c4cccs4)no3)ccc(F)c12. The number of carbonyl (C=O) groups excluding carboxylic acids is 3. The van der Waals surface area contributed by atoms with Gasteiger partial charge in [0.1, 0.15) is 5.82 Å². The van der Waals surface area contributed by atoms with E-state index < -0.39 is 22.8 Å². The summed E-state index contributed by atoms with van der Waals surface area (Å²) in [5, 5.41) is 5.52. The summed E-state index contributed by atoms with van der Waals surface area (Å²) in [5.74, 6) is -1.92. The van der Waals surface area contributed by atoms with Crippen LogP contribution in [-0.2, 0) is 4.79 Å². The maximum Gasteiger partial charge on any atom is 0.295 e. The number of H-pyrrole nitrogens is 1. The van der Waals surface area contributed by atoms with Gasteiger partial charge >= 0.3 is 0 Å². The van der Waals surface area contributed by atoms with Gasteiger partial charge in [0.25, 0.3) is 23.5 Å². The van der Waals surface area contributed by atoms with Crippen molar-refractivity contribution in [2.45, 2.75) is 5.25 Å². The van der Waals surface area contributed by atoms with Gasteiger partial charge in [-0.25, -0.2) is 4.39 Å². The molecule has 1 fully saturated rings. The number of aromatic nitrogens is 3. The van der Waals surface area contributed by atoms with E-state index in [2.05, 4.69) is 27.8 Å². The van der Waals surface area contributed by atoms with Crippen LogP contribution in [0.5, 0.6) is 0 Å². The predicted molar refractivity (Wildman–Crippen MR) is 150 cm³/mol. The smallest absolute Gasteiger partial charge is 0.295 e. The zero-order chi connectivity index (χ0) is 27.8. The summed E-state index contributed by atoms with van der Waals surface area (Å²) < 4.78 is 20.5. The minimum Gasteiger partial charge on any atom is -0.360 e. The highest BCUT2D eigenvalue weighted by atomic mass is 32.1. The maximum atomic E-state index is 15.0. The Kier molecular flexibility index (Phi) is 6.95. The number of Topliss-reactive ketones (excluding diaryl/α,β-unsaturated/α-hetero) is 1. The molecule has 40 heavy (non-hydrogen) atoms. The fourth-order valence-corrected chi connectivity index (χ4v) is 5.81. The summed E-state index contributed by atoms with van der Waals surface area (Å²) in [6, 6.07) is 15.4. The number of halogens is 1. The summed E-state index contributed by atoms with van der Waals surface area (Å²) >= 11 is 6.09. The third kappa shape index (κ3) is 4.69. The van der Waals surface area contributed by atoms with Crippen LogP contribution in [0.15, 0.2) is 70.7 Å². The number of hydrogen-bond acceptors (Lipinski definition) is 8. The van der Waals surface area contributed by atoms with Crippen molar-refractivity contribution >= 4 is 52.5 Å². The number of ketones is 1.